The van der Waals surface area contributed by atoms with Crippen LogP contribution in [0.2, 0.25) is 0 Å². The molecule has 6 atom stereocenters. The number of hydrogen-bond donors (Lipinski definition) is 8. The third-order valence-electron chi connectivity index (χ3n) is 9.12. The van der Waals surface area contributed by atoms with Crippen molar-refractivity contribution in [2.45, 2.75) is 140 Å². The first kappa shape index (κ1) is 42.2. The van der Waals surface area contributed by atoms with E-state index in [-0.39, 0.29) is 50.8 Å². The number of hydrogen-bond acceptors (Lipinski definition) is 9. The molecule has 0 aromatic carbocycles. The largest absolute Gasteiger partial charge is 0.480 e. The second-order valence-corrected chi connectivity index (χ2v) is 13.2. The first-order valence-electron chi connectivity index (χ1n) is 18.0. The molecular weight excluding hydrogens is 650 g/mol. The molecule has 0 aromatic rings. The lowest BCUT2D eigenvalue weighted by Gasteiger charge is -2.40. The number of carboxylic acids is 1. The number of unbranched alkanes of at least 4 members (excludes halogenated alkanes) is 3. The number of piperidine rings is 1. The maximum atomic E-state index is 14.1. The average molecular weight is 710 g/mol. The summed E-state index contributed by atoms with van der Waals surface area (Å²) in [6.07, 6.45) is 5.60. The van der Waals surface area contributed by atoms with Crippen molar-refractivity contribution in [1.29, 1.82) is 0 Å². The van der Waals surface area contributed by atoms with E-state index in [1.54, 1.807) is 0 Å². The fraction of sp³-hybridized carbons (Fsp3) is 0.788. The number of carbonyl (C=O) groups excluding carboxylic acids is 5. The number of aliphatic hydroxyl groups is 1. The van der Waals surface area contributed by atoms with Crippen LogP contribution in [0, 0.1) is 0 Å². The number of carboxylic acid groups (broad SMARTS) is 1. The van der Waals surface area contributed by atoms with Crippen molar-refractivity contribution in [2.75, 3.05) is 26.2 Å². The minimum atomic E-state index is -1.28. The Bertz CT molecular complexity index is 1180. The Hall–Kier alpha value is -3.99. The minimum Gasteiger partial charge on any atom is -0.480 e. The molecule has 2 aliphatic heterocycles. The van der Waals surface area contributed by atoms with Crippen LogP contribution in [0.5, 0.6) is 0 Å². The number of aliphatic imine (C=N–C) groups is 1. The molecule has 0 saturated carbocycles. The van der Waals surface area contributed by atoms with Crippen LogP contribution in [0.3, 0.4) is 0 Å². The van der Waals surface area contributed by atoms with Gasteiger partial charge in [0, 0.05) is 26.1 Å². The number of likely N-dealkylation sites (tertiary alicyclic amines) is 2. The summed E-state index contributed by atoms with van der Waals surface area (Å²) in [5.74, 6) is -3.91. The van der Waals surface area contributed by atoms with Gasteiger partial charge in [-0.15, -0.1) is 0 Å². The lowest BCUT2D eigenvalue weighted by molar-refractivity contribution is -0.152. The summed E-state index contributed by atoms with van der Waals surface area (Å²) in [5, 5.41) is 27.9. The summed E-state index contributed by atoms with van der Waals surface area (Å²) in [4.78, 5) is 86.1. The zero-order valence-corrected chi connectivity index (χ0v) is 29.6. The van der Waals surface area contributed by atoms with Gasteiger partial charge in [-0.3, -0.25) is 29.0 Å². The Morgan fingerprint density at radius 2 is 1.52 bits per heavy atom. The molecule has 11 N–H and O–H groups in total. The SMILES string of the molecule is CCCCCC(=O)N[C@H](C(=O)N[C@@H](CCCCN)C(=O)N1CCCC[C@H]1C(=O)N1CCC[C@H]1C(=O)N[C@@H](CCCN=C(N)N)C(=O)O)[C@@H](C)O. The van der Waals surface area contributed by atoms with Gasteiger partial charge in [0.25, 0.3) is 0 Å². The van der Waals surface area contributed by atoms with Crippen LogP contribution in [-0.4, -0.2) is 124 Å². The molecule has 284 valence electrons. The lowest BCUT2D eigenvalue weighted by Crippen LogP contribution is -2.61. The quantitative estimate of drug-likeness (QED) is 0.0408. The highest BCUT2D eigenvalue weighted by Crippen LogP contribution is 2.26. The fourth-order valence-electron chi connectivity index (χ4n) is 6.37. The summed E-state index contributed by atoms with van der Waals surface area (Å²) in [6.45, 7) is 4.49. The van der Waals surface area contributed by atoms with Gasteiger partial charge >= 0.3 is 5.97 Å². The van der Waals surface area contributed by atoms with E-state index >= 15 is 0 Å². The normalized spacial score (nSPS) is 19.8. The van der Waals surface area contributed by atoms with E-state index in [0.717, 1.165) is 12.8 Å². The van der Waals surface area contributed by atoms with Gasteiger partial charge in [-0.2, -0.15) is 0 Å². The second-order valence-electron chi connectivity index (χ2n) is 13.2. The van der Waals surface area contributed by atoms with Crippen molar-refractivity contribution in [1.82, 2.24) is 25.8 Å². The predicted octanol–water partition coefficient (Wildman–Crippen LogP) is -0.959. The second kappa shape index (κ2) is 22.0. The van der Waals surface area contributed by atoms with E-state index < -0.39 is 65.9 Å². The Balaban J connectivity index is 2.21. The summed E-state index contributed by atoms with van der Waals surface area (Å²) in [7, 11) is 0. The van der Waals surface area contributed by atoms with E-state index in [2.05, 4.69) is 20.9 Å². The van der Waals surface area contributed by atoms with Crippen molar-refractivity contribution in [3.05, 3.63) is 0 Å². The maximum Gasteiger partial charge on any atom is 0.326 e. The van der Waals surface area contributed by atoms with Crippen LogP contribution in [0.15, 0.2) is 4.99 Å². The van der Waals surface area contributed by atoms with Crippen molar-refractivity contribution in [2.24, 2.45) is 22.2 Å². The van der Waals surface area contributed by atoms with Crippen LogP contribution in [-0.2, 0) is 28.8 Å². The third kappa shape index (κ3) is 13.4. The Kier molecular flexibility index (Phi) is 18.5. The first-order chi connectivity index (χ1) is 23.8. The van der Waals surface area contributed by atoms with Crippen LogP contribution in [0.4, 0.5) is 0 Å². The smallest absolute Gasteiger partial charge is 0.326 e. The van der Waals surface area contributed by atoms with Crippen molar-refractivity contribution in [3.63, 3.8) is 0 Å². The number of carbonyl (C=O) groups is 6. The van der Waals surface area contributed by atoms with Gasteiger partial charge in [0.05, 0.1) is 6.10 Å². The Labute approximate surface area is 294 Å². The van der Waals surface area contributed by atoms with Crippen LogP contribution in [0.25, 0.3) is 0 Å². The Morgan fingerprint density at radius 3 is 2.16 bits per heavy atom. The maximum absolute atomic E-state index is 14.1. The number of rotatable bonds is 21. The van der Waals surface area contributed by atoms with Gasteiger partial charge in [-0.25, -0.2) is 4.79 Å². The molecule has 0 aliphatic carbocycles. The fourth-order valence-corrected chi connectivity index (χ4v) is 6.37. The Morgan fingerprint density at radius 1 is 0.840 bits per heavy atom. The summed E-state index contributed by atoms with van der Waals surface area (Å²) >= 11 is 0. The van der Waals surface area contributed by atoms with E-state index in [0.29, 0.717) is 64.3 Å². The van der Waals surface area contributed by atoms with Crippen LogP contribution in [0.1, 0.15) is 104 Å². The van der Waals surface area contributed by atoms with Gasteiger partial charge < -0.3 is 53.2 Å². The highest BCUT2D eigenvalue weighted by Gasteiger charge is 2.43. The molecule has 0 unspecified atom stereocenters. The van der Waals surface area contributed by atoms with Crippen molar-refractivity contribution < 1.29 is 39.0 Å². The zero-order valence-electron chi connectivity index (χ0n) is 29.6. The minimum absolute atomic E-state index is 0.0825. The zero-order chi connectivity index (χ0) is 37.2. The summed E-state index contributed by atoms with van der Waals surface area (Å²) in [5.41, 5.74) is 16.3. The number of aliphatic hydroxyl groups excluding tert-OH is 1. The molecule has 2 saturated heterocycles. The standard InChI is InChI=1S/C33H59N9O8/c1-3-4-5-16-26(44)40-27(21(2)43)29(46)38-22(12-6-8-17-34)30(47)42-19-9-7-14-25(42)31(48)41-20-11-15-24(41)28(45)39-23(32(49)50)13-10-18-37-33(35)36/h21-25,27,43H,3-20,34H2,1-2H3,(H,38,46)(H,39,45)(H,40,44)(H,49,50)(H4,35,36,37)/t21-,22+,23+,24+,25+,27+/m1/s1. The molecule has 2 fully saturated rings. The molecule has 5 amide bonds. The number of guanidine groups is 1. The molecule has 50 heavy (non-hydrogen) atoms. The molecule has 2 rings (SSSR count). The molecule has 17 nitrogen and oxygen atoms in total. The number of nitrogens with two attached hydrogens (primary N) is 3. The summed E-state index contributed by atoms with van der Waals surface area (Å²) in [6, 6.07) is -5.33. The molecule has 2 heterocycles. The van der Waals surface area contributed by atoms with Gasteiger partial charge in [-0.05, 0) is 84.1 Å². The number of amides is 5. The number of aliphatic carboxylic acids is 1. The summed E-state index contributed by atoms with van der Waals surface area (Å²) < 4.78 is 0. The lowest BCUT2D eigenvalue weighted by atomic mass is 9.97. The van der Waals surface area contributed by atoms with E-state index in [1.807, 2.05) is 6.92 Å². The number of nitrogens with zero attached hydrogens (tertiary/aromatic N) is 3. The molecule has 0 aromatic heterocycles. The molecule has 17 heteroatoms. The van der Waals surface area contributed by atoms with Crippen LogP contribution >= 0.6 is 0 Å². The van der Waals surface area contributed by atoms with Crippen LogP contribution < -0.4 is 33.2 Å². The van der Waals surface area contributed by atoms with E-state index in [1.165, 1.54) is 16.7 Å². The monoisotopic (exact) mass is 709 g/mol. The predicted molar refractivity (Wildman–Crippen MR) is 186 cm³/mol. The molecular formula is C33H59N9O8. The number of nitrogens with one attached hydrogen (secondary N) is 3. The van der Waals surface area contributed by atoms with Gasteiger partial charge in [-0.1, -0.05) is 19.8 Å². The van der Waals surface area contributed by atoms with Crippen molar-refractivity contribution in [3.8, 4) is 0 Å². The first-order valence-corrected chi connectivity index (χ1v) is 18.0. The molecule has 0 spiro atoms. The average Bonchev–Trinajstić information content (AvgIpc) is 3.57. The topological polar surface area (TPSA) is 276 Å². The molecule has 0 bridgehead atoms. The van der Waals surface area contributed by atoms with Gasteiger partial charge in [0.2, 0.25) is 29.5 Å². The van der Waals surface area contributed by atoms with E-state index in [9.17, 15) is 39.0 Å². The van der Waals surface area contributed by atoms with Crippen molar-refractivity contribution >= 4 is 41.5 Å². The third-order valence-corrected chi connectivity index (χ3v) is 9.12. The van der Waals surface area contributed by atoms with Gasteiger partial charge in [0.15, 0.2) is 5.96 Å². The molecule has 0 radical (unpaired) electrons. The van der Waals surface area contributed by atoms with E-state index in [4.69, 9.17) is 17.2 Å². The highest BCUT2D eigenvalue weighted by molar-refractivity contribution is 5.96. The highest BCUT2D eigenvalue weighted by atomic mass is 16.4. The van der Waals surface area contributed by atoms with Gasteiger partial charge in [0.1, 0.15) is 30.2 Å². The molecule has 2 aliphatic rings.